The average molecular weight is 416 g/mol. The van der Waals surface area contributed by atoms with Crippen molar-refractivity contribution >= 4 is 17.7 Å². The number of aliphatic imine (C=N–C) groups is 1. The summed E-state index contributed by atoms with van der Waals surface area (Å²) in [5.74, 6) is 1.76. The smallest absolute Gasteiger partial charge is 0.412 e. The fourth-order valence-corrected chi connectivity index (χ4v) is 3.53. The number of hydrogen-bond acceptors (Lipinski definition) is 6. The second-order valence-corrected chi connectivity index (χ2v) is 7.10. The van der Waals surface area contributed by atoms with Gasteiger partial charge in [-0.15, -0.1) is 0 Å². The Bertz CT molecular complexity index is 1100. The van der Waals surface area contributed by atoms with E-state index in [0.717, 1.165) is 11.1 Å². The maximum atomic E-state index is 12.6. The molecule has 2 aliphatic heterocycles. The van der Waals surface area contributed by atoms with Crippen LogP contribution in [0.25, 0.3) is 0 Å². The van der Waals surface area contributed by atoms with E-state index >= 15 is 0 Å². The Labute approximate surface area is 179 Å². The largest absolute Gasteiger partial charge is 0.465 e. The molecule has 0 radical (unpaired) electrons. The lowest BCUT2D eigenvalue weighted by molar-refractivity contribution is 0.00996. The first-order chi connectivity index (χ1) is 15.3. The van der Waals surface area contributed by atoms with Crippen molar-refractivity contribution in [3.05, 3.63) is 90.0 Å². The van der Waals surface area contributed by atoms with Crippen LogP contribution in [0.15, 0.2) is 83.9 Å². The molecule has 1 amide bonds. The predicted molar refractivity (Wildman–Crippen MR) is 115 cm³/mol. The number of benzene rings is 3. The van der Waals surface area contributed by atoms with Gasteiger partial charge in [-0.05, 0) is 29.8 Å². The number of anilines is 1. The van der Waals surface area contributed by atoms with Crippen LogP contribution in [0.3, 0.4) is 0 Å². The predicted octanol–water partition coefficient (Wildman–Crippen LogP) is 4.55. The average Bonchev–Trinajstić information content (AvgIpc) is 3.28. The van der Waals surface area contributed by atoms with Crippen molar-refractivity contribution in [1.82, 2.24) is 0 Å². The van der Waals surface area contributed by atoms with Gasteiger partial charge in [0.1, 0.15) is 0 Å². The number of nitrogens with zero attached hydrogens (tertiary/aromatic N) is 1. The van der Waals surface area contributed by atoms with Crippen molar-refractivity contribution < 1.29 is 23.7 Å². The van der Waals surface area contributed by atoms with Crippen LogP contribution in [0.4, 0.5) is 10.5 Å². The quantitative estimate of drug-likeness (QED) is 0.675. The van der Waals surface area contributed by atoms with Crippen molar-refractivity contribution in [1.29, 1.82) is 0 Å². The molecule has 156 valence electrons. The van der Waals surface area contributed by atoms with Crippen molar-refractivity contribution in [3.8, 4) is 11.5 Å². The number of amides is 1. The van der Waals surface area contributed by atoms with Crippen LogP contribution in [0.1, 0.15) is 17.2 Å². The maximum absolute atomic E-state index is 12.6. The van der Waals surface area contributed by atoms with Crippen LogP contribution in [0.5, 0.6) is 11.5 Å². The Morgan fingerprint density at radius 2 is 1.68 bits per heavy atom. The van der Waals surface area contributed by atoms with Gasteiger partial charge in [0, 0.05) is 17.3 Å². The minimum absolute atomic E-state index is 0.170. The third kappa shape index (κ3) is 4.16. The number of fused-ring (bicyclic) bond motifs is 1. The maximum Gasteiger partial charge on any atom is 0.412 e. The highest BCUT2D eigenvalue weighted by molar-refractivity contribution is 5.94. The number of hydrogen-bond donors (Lipinski definition) is 1. The zero-order valence-corrected chi connectivity index (χ0v) is 16.6. The first-order valence-electron chi connectivity index (χ1n) is 9.95. The summed E-state index contributed by atoms with van der Waals surface area (Å²) in [5.41, 5.74) is 2.34. The highest BCUT2D eigenvalue weighted by Crippen LogP contribution is 2.34. The molecule has 7 heteroatoms. The minimum atomic E-state index is -0.591. The molecule has 0 aromatic heterocycles. The van der Waals surface area contributed by atoms with E-state index in [0.29, 0.717) is 29.6 Å². The summed E-state index contributed by atoms with van der Waals surface area (Å²) < 4.78 is 22.5. The Balaban J connectivity index is 1.33. The summed E-state index contributed by atoms with van der Waals surface area (Å²) in [4.78, 5) is 17.1. The van der Waals surface area contributed by atoms with Crippen molar-refractivity contribution in [3.63, 3.8) is 0 Å². The van der Waals surface area contributed by atoms with Gasteiger partial charge in [-0.25, -0.2) is 9.79 Å². The Morgan fingerprint density at radius 3 is 2.48 bits per heavy atom. The Kier molecular flexibility index (Phi) is 5.14. The van der Waals surface area contributed by atoms with Gasteiger partial charge in [0.05, 0.1) is 6.54 Å². The molecule has 2 aliphatic rings. The molecule has 7 nitrogen and oxygen atoms in total. The van der Waals surface area contributed by atoms with Gasteiger partial charge < -0.3 is 18.9 Å². The van der Waals surface area contributed by atoms with Crippen LogP contribution < -0.4 is 14.8 Å². The summed E-state index contributed by atoms with van der Waals surface area (Å²) >= 11 is 0. The molecule has 3 aromatic carbocycles. The van der Waals surface area contributed by atoms with Crippen molar-refractivity contribution in [2.45, 2.75) is 12.2 Å². The topological polar surface area (TPSA) is 78.4 Å². The molecule has 0 spiro atoms. The Morgan fingerprint density at radius 1 is 0.935 bits per heavy atom. The van der Waals surface area contributed by atoms with E-state index in [9.17, 15) is 4.79 Å². The molecule has 2 atom stereocenters. The van der Waals surface area contributed by atoms with Gasteiger partial charge in [0.2, 0.25) is 12.7 Å². The molecule has 0 aliphatic carbocycles. The van der Waals surface area contributed by atoms with Gasteiger partial charge in [-0.3, -0.25) is 5.32 Å². The zero-order valence-electron chi connectivity index (χ0n) is 16.6. The lowest BCUT2D eigenvalue weighted by Gasteiger charge is -2.31. The lowest BCUT2D eigenvalue weighted by atomic mass is 10.0. The molecule has 31 heavy (non-hydrogen) atoms. The van der Waals surface area contributed by atoms with Gasteiger partial charge in [-0.1, -0.05) is 48.5 Å². The normalized spacial score (nSPS) is 19.2. The third-order valence-corrected chi connectivity index (χ3v) is 5.02. The third-order valence-electron chi connectivity index (χ3n) is 5.02. The second kappa shape index (κ2) is 8.39. The molecule has 2 heterocycles. The monoisotopic (exact) mass is 416 g/mol. The fraction of sp³-hybridized carbons (Fsp3) is 0.167. The first kappa shape index (κ1) is 19.0. The zero-order chi connectivity index (χ0) is 21.0. The highest BCUT2D eigenvalue weighted by atomic mass is 16.7. The summed E-state index contributed by atoms with van der Waals surface area (Å²) in [5, 5.41) is 2.73. The molecular formula is C24H20N2O5. The van der Waals surface area contributed by atoms with Crippen LogP contribution in [0, 0.1) is 0 Å². The molecule has 1 N–H and O–H groups in total. The molecule has 0 saturated carbocycles. The van der Waals surface area contributed by atoms with Crippen molar-refractivity contribution in [2.24, 2.45) is 4.99 Å². The van der Waals surface area contributed by atoms with Crippen LogP contribution in [-0.2, 0) is 9.47 Å². The van der Waals surface area contributed by atoms with Gasteiger partial charge in [0.15, 0.2) is 23.7 Å². The van der Waals surface area contributed by atoms with E-state index in [4.69, 9.17) is 18.9 Å². The SMILES string of the molecule is O=C(Nc1ccc2c(c1)OCO2)OC1CN=C(c2ccccc2)OC1c1ccccc1. The first-order valence-corrected chi connectivity index (χ1v) is 9.95. The Hall–Kier alpha value is -4.00. The van der Waals surface area contributed by atoms with E-state index in [2.05, 4.69) is 10.3 Å². The molecular weight excluding hydrogens is 396 g/mol. The van der Waals surface area contributed by atoms with Gasteiger partial charge in [-0.2, -0.15) is 0 Å². The van der Waals surface area contributed by atoms with E-state index in [1.807, 2.05) is 60.7 Å². The van der Waals surface area contributed by atoms with Crippen LogP contribution in [-0.4, -0.2) is 31.4 Å². The molecule has 2 unspecified atom stereocenters. The number of ether oxygens (including phenoxy) is 4. The summed E-state index contributed by atoms with van der Waals surface area (Å²) in [6, 6.07) is 24.5. The van der Waals surface area contributed by atoms with E-state index in [-0.39, 0.29) is 6.79 Å². The minimum Gasteiger partial charge on any atom is -0.465 e. The summed E-state index contributed by atoms with van der Waals surface area (Å²) in [7, 11) is 0. The molecule has 0 bridgehead atoms. The van der Waals surface area contributed by atoms with Gasteiger partial charge >= 0.3 is 6.09 Å². The summed E-state index contributed by atoms with van der Waals surface area (Å²) in [6.45, 7) is 0.460. The van der Waals surface area contributed by atoms with Gasteiger partial charge in [0.25, 0.3) is 0 Å². The molecule has 0 fully saturated rings. The molecule has 0 saturated heterocycles. The number of carbonyl (C=O) groups excluding carboxylic acids is 1. The summed E-state index contributed by atoms with van der Waals surface area (Å²) in [6.07, 6.45) is -1.65. The second-order valence-electron chi connectivity index (χ2n) is 7.10. The van der Waals surface area contributed by atoms with Crippen molar-refractivity contribution in [2.75, 3.05) is 18.7 Å². The number of nitrogens with one attached hydrogen (secondary N) is 1. The van der Waals surface area contributed by atoms with E-state index in [1.54, 1.807) is 18.2 Å². The van der Waals surface area contributed by atoms with Crippen LogP contribution in [0.2, 0.25) is 0 Å². The lowest BCUT2D eigenvalue weighted by Crippen LogP contribution is -2.37. The molecule has 3 aromatic rings. The highest BCUT2D eigenvalue weighted by Gasteiger charge is 2.33. The van der Waals surface area contributed by atoms with E-state index in [1.165, 1.54) is 0 Å². The van der Waals surface area contributed by atoms with Crippen LogP contribution >= 0.6 is 0 Å². The fourth-order valence-electron chi connectivity index (χ4n) is 3.53. The number of rotatable bonds is 4. The standard InChI is InChI=1S/C24H20N2O5/c27-24(26-18-11-12-19-20(13-18)29-15-28-19)30-21-14-25-23(17-9-5-2-6-10-17)31-22(21)16-7-3-1-4-8-16/h1-13,21-22H,14-15H2,(H,26,27). The van der Waals surface area contributed by atoms with E-state index < -0.39 is 18.3 Å². The molecule has 5 rings (SSSR count). The number of carbonyl (C=O) groups is 1.